The van der Waals surface area contributed by atoms with E-state index in [0.29, 0.717) is 11.8 Å². The summed E-state index contributed by atoms with van der Waals surface area (Å²) in [6.07, 6.45) is -1.18. The minimum Gasteiger partial charge on any atom is -0.393 e. The van der Waals surface area contributed by atoms with E-state index in [4.69, 9.17) is 0 Å². The Hall–Kier alpha value is -1.14. The van der Waals surface area contributed by atoms with Crippen LogP contribution in [0.3, 0.4) is 0 Å². The Morgan fingerprint density at radius 1 is 1.13 bits per heavy atom. The summed E-state index contributed by atoms with van der Waals surface area (Å²) in [7, 11) is 1.84. The van der Waals surface area contributed by atoms with Gasteiger partial charge in [-0.2, -0.15) is 13.2 Å². The lowest BCUT2D eigenvalue weighted by molar-refractivity contribution is -0.137. The number of hydrogen-bond donors (Lipinski definition) is 1. The van der Waals surface area contributed by atoms with Crippen molar-refractivity contribution in [2.45, 2.75) is 50.6 Å². The number of rotatable bonds is 3. The topological polar surface area (TPSA) is 23.5 Å². The standard InChI is InChI=1S/C17H21F4NO/c1-22(14-5-10-7-15(23)8-11(10)6-14)9-12-4-13(17(19,20)21)2-3-16(12)18/h2-4,10-11,14-15,23H,5-9H2,1H3/t10-,11+,14?,15?. The van der Waals surface area contributed by atoms with Gasteiger partial charge in [-0.1, -0.05) is 0 Å². The summed E-state index contributed by atoms with van der Waals surface area (Å²) < 4.78 is 52.2. The maximum atomic E-state index is 13.9. The summed E-state index contributed by atoms with van der Waals surface area (Å²) in [5.74, 6) is 0.381. The van der Waals surface area contributed by atoms with Crippen LogP contribution < -0.4 is 0 Å². The molecule has 0 heterocycles. The van der Waals surface area contributed by atoms with Crippen molar-refractivity contribution in [3.8, 4) is 0 Å². The number of fused-ring (bicyclic) bond motifs is 1. The molecule has 0 aliphatic heterocycles. The lowest BCUT2D eigenvalue weighted by Gasteiger charge is -2.26. The molecule has 1 aromatic carbocycles. The van der Waals surface area contributed by atoms with Crippen LogP contribution in [0.25, 0.3) is 0 Å². The summed E-state index contributed by atoms with van der Waals surface area (Å²) in [5, 5.41) is 9.67. The first-order chi connectivity index (χ1) is 10.7. The van der Waals surface area contributed by atoms with E-state index in [1.54, 1.807) is 0 Å². The molecule has 128 valence electrons. The maximum absolute atomic E-state index is 13.9. The summed E-state index contributed by atoms with van der Waals surface area (Å²) in [5.41, 5.74) is -0.729. The molecule has 4 atom stereocenters. The Bertz CT molecular complexity index is 560. The second-order valence-corrected chi connectivity index (χ2v) is 6.99. The Balaban J connectivity index is 1.68. The van der Waals surface area contributed by atoms with Gasteiger partial charge >= 0.3 is 6.18 Å². The van der Waals surface area contributed by atoms with Crippen molar-refractivity contribution < 1.29 is 22.7 Å². The fourth-order valence-electron chi connectivity index (χ4n) is 4.18. The molecule has 1 aromatic rings. The first-order valence-corrected chi connectivity index (χ1v) is 7.98. The second-order valence-electron chi connectivity index (χ2n) is 6.99. The van der Waals surface area contributed by atoms with Crippen molar-refractivity contribution in [3.63, 3.8) is 0 Å². The average Bonchev–Trinajstić information content (AvgIpc) is 2.97. The lowest BCUT2D eigenvalue weighted by atomic mass is 10.0. The van der Waals surface area contributed by atoms with Gasteiger partial charge in [-0.3, -0.25) is 4.90 Å². The van der Waals surface area contributed by atoms with Crippen molar-refractivity contribution in [1.82, 2.24) is 4.90 Å². The van der Waals surface area contributed by atoms with Crippen LogP contribution in [0.1, 0.15) is 36.8 Å². The molecule has 23 heavy (non-hydrogen) atoms. The van der Waals surface area contributed by atoms with Crippen LogP contribution in [0.15, 0.2) is 18.2 Å². The Morgan fingerprint density at radius 3 is 2.30 bits per heavy atom. The third-order valence-electron chi connectivity index (χ3n) is 5.38. The van der Waals surface area contributed by atoms with E-state index in [1.165, 1.54) is 0 Å². The third-order valence-corrected chi connectivity index (χ3v) is 5.38. The predicted octanol–water partition coefficient (Wildman–Crippen LogP) is 3.83. The highest BCUT2D eigenvalue weighted by molar-refractivity contribution is 5.27. The first-order valence-electron chi connectivity index (χ1n) is 7.98. The largest absolute Gasteiger partial charge is 0.416 e. The summed E-state index contributed by atoms with van der Waals surface area (Å²) in [6.45, 7) is 0.169. The van der Waals surface area contributed by atoms with Crippen LogP contribution in [-0.4, -0.2) is 29.2 Å². The highest BCUT2D eigenvalue weighted by Gasteiger charge is 2.42. The lowest BCUT2D eigenvalue weighted by Crippen LogP contribution is -2.30. The molecule has 6 heteroatoms. The van der Waals surface area contributed by atoms with Gasteiger partial charge in [-0.15, -0.1) is 0 Å². The number of halogens is 4. The Morgan fingerprint density at radius 2 is 1.74 bits per heavy atom. The molecule has 1 N–H and O–H groups in total. The maximum Gasteiger partial charge on any atom is 0.416 e. The molecule has 0 amide bonds. The minimum absolute atomic E-state index is 0.0828. The molecule has 2 aliphatic rings. The number of aliphatic hydroxyl groups is 1. The number of alkyl halides is 3. The molecule has 0 spiro atoms. The second kappa shape index (κ2) is 6.06. The first kappa shape index (κ1) is 16.7. The molecule has 2 saturated carbocycles. The molecule has 2 fully saturated rings. The molecule has 0 bridgehead atoms. The van der Waals surface area contributed by atoms with E-state index < -0.39 is 17.6 Å². The van der Waals surface area contributed by atoms with E-state index in [-0.39, 0.29) is 24.3 Å². The zero-order valence-corrected chi connectivity index (χ0v) is 13.0. The van der Waals surface area contributed by atoms with Gasteiger partial charge in [0.2, 0.25) is 0 Å². The van der Waals surface area contributed by atoms with E-state index in [1.807, 2.05) is 11.9 Å². The van der Waals surface area contributed by atoms with Crippen molar-refractivity contribution in [2.24, 2.45) is 11.8 Å². The number of hydrogen-bond acceptors (Lipinski definition) is 2. The van der Waals surface area contributed by atoms with E-state index >= 15 is 0 Å². The normalized spacial score (nSPS) is 30.9. The van der Waals surface area contributed by atoms with Gasteiger partial charge in [0.1, 0.15) is 5.82 Å². The average molecular weight is 331 g/mol. The van der Waals surface area contributed by atoms with Crippen LogP contribution in [0.2, 0.25) is 0 Å². The highest BCUT2D eigenvalue weighted by Crippen LogP contribution is 2.45. The highest BCUT2D eigenvalue weighted by atomic mass is 19.4. The Labute approximate surface area is 133 Å². The minimum atomic E-state index is -4.46. The number of aliphatic hydroxyl groups excluding tert-OH is 1. The molecule has 2 unspecified atom stereocenters. The van der Waals surface area contributed by atoms with Gasteiger partial charge in [0.25, 0.3) is 0 Å². The van der Waals surface area contributed by atoms with E-state index in [2.05, 4.69) is 0 Å². The summed E-state index contributed by atoms with van der Waals surface area (Å²) >= 11 is 0. The van der Waals surface area contributed by atoms with Crippen molar-refractivity contribution in [2.75, 3.05) is 7.05 Å². The molecule has 2 aliphatic carbocycles. The zero-order chi connectivity index (χ0) is 16.8. The fraction of sp³-hybridized carbons (Fsp3) is 0.647. The molecule has 0 aromatic heterocycles. The van der Waals surface area contributed by atoms with Crippen LogP contribution in [0.5, 0.6) is 0 Å². The van der Waals surface area contributed by atoms with Gasteiger partial charge in [0.15, 0.2) is 0 Å². The number of benzene rings is 1. The fourth-order valence-corrected chi connectivity index (χ4v) is 4.18. The smallest absolute Gasteiger partial charge is 0.393 e. The van der Waals surface area contributed by atoms with Crippen molar-refractivity contribution >= 4 is 0 Å². The SMILES string of the molecule is CN(Cc1cc(C(F)(F)F)ccc1F)C1C[C@H]2CC(O)C[C@H]2C1. The number of nitrogens with zero attached hydrogens (tertiary/aromatic N) is 1. The quantitative estimate of drug-likeness (QED) is 0.851. The predicted molar refractivity (Wildman–Crippen MR) is 78.1 cm³/mol. The monoisotopic (exact) mass is 331 g/mol. The molecular weight excluding hydrogens is 310 g/mol. The van der Waals surface area contributed by atoms with Gasteiger partial charge in [-0.05, 0) is 62.8 Å². The molecule has 3 rings (SSSR count). The van der Waals surface area contributed by atoms with Gasteiger partial charge in [0.05, 0.1) is 11.7 Å². The van der Waals surface area contributed by atoms with Crippen LogP contribution >= 0.6 is 0 Å². The molecule has 0 radical (unpaired) electrons. The van der Waals surface area contributed by atoms with Gasteiger partial charge in [-0.25, -0.2) is 4.39 Å². The van der Waals surface area contributed by atoms with E-state index in [9.17, 15) is 22.7 Å². The Kier molecular flexibility index (Phi) is 4.40. The van der Waals surface area contributed by atoms with Crippen LogP contribution in [0, 0.1) is 17.7 Å². The zero-order valence-electron chi connectivity index (χ0n) is 13.0. The summed E-state index contributed by atoms with van der Waals surface area (Å²) in [4.78, 5) is 1.95. The van der Waals surface area contributed by atoms with Crippen molar-refractivity contribution in [1.29, 1.82) is 0 Å². The van der Waals surface area contributed by atoms with Crippen LogP contribution in [-0.2, 0) is 12.7 Å². The van der Waals surface area contributed by atoms with Gasteiger partial charge in [0, 0.05) is 18.2 Å². The van der Waals surface area contributed by atoms with Crippen LogP contribution in [0.4, 0.5) is 17.6 Å². The van der Waals surface area contributed by atoms with E-state index in [0.717, 1.165) is 43.9 Å². The molecule has 2 nitrogen and oxygen atoms in total. The van der Waals surface area contributed by atoms with Crippen molar-refractivity contribution in [3.05, 3.63) is 35.1 Å². The molecular formula is C17H21F4NO. The van der Waals surface area contributed by atoms with Gasteiger partial charge < -0.3 is 5.11 Å². The molecule has 0 saturated heterocycles. The summed E-state index contributed by atoms with van der Waals surface area (Å²) in [6, 6.07) is 2.82. The third kappa shape index (κ3) is 3.53.